The number of furan rings is 1. The molecule has 1 unspecified atom stereocenters. The molecule has 1 aromatic heterocycles. The summed E-state index contributed by atoms with van der Waals surface area (Å²) in [7, 11) is 0. The van der Waals surface area contributed by atoms with Crippen molar-refractivity contribution in [3.05, 3.63) is 53.5 Å². The van der Waals surface area contributed by atoms with Crippen LogP contribution in [0.15, 0.2) is 41.0 Å². The Kier molecular flexibility index (Phi) is 3.52. The summed E-state index contributed by atoms with van der Waals surface area (Å²) in [5, 5.41) is 3.55. The quantitative estimate of drug-likeness (QED) is 0.837. The summed E-state index contributed by atoms with van der Waals surface area (Å²) < 4.78 is 5.47. The van der Waals surface area contributed by atoms with Gasteiger partial charge in [-0.25, -0.2) is 0 Å². The van der Waals surface area contributed by atoms with Gasteiger partial charge >= 0.3 is 0 Å². The lowest BCUT2D eigenvalue weighted by atomic mass is 10.1. The fourth-order valence-corrected chi connectivity index (χ4v) is 1.94. The number of rotatable bonds is 4. The second-order valence-corrected chi connectivity index (χ2v) is 4.44. The van der Waals surface area contributed by atoms with Crippen LogP contribution in [0.3, 0.4) is 0 Å². The predicted octanol–water partition coefficient (Wildman–Crippen LogP) is 4.46. The van der Waals surface area contributed by atoms with Crippen molar-refractivity contribution >= 4 is 5.69 Å². The summed E-state index contributed by atoms with van der Waals surface area (Å²) in [6.07, 6.45) is 2.73. The number of aryl methyl sites for hydroxylation is 2. The highest BCUT2D eigenvalue weighted by atomic mass is 16.3. The van der Waals surface area contributed by atoms with E-state index in [1.54, 1.807) is 6.26 Å². The largest absolute Gasteiger partial charge is 0.467 e. The van der Waals surface area contributed by atoms with Crippen molar-refractivity contribution in [2.24, 2.45) is 0 Å². The molecule has 1 heterocycles. The van der Waals surface area contributed by atoms with Gasteiger partial charge in [-0.2, -0.15) is 0 Å². The third-order valence-electron chi connectivity index (χ3n) is 3.02. The molecule has 2 rings (SSSR count). The Hall–Kier alpha value is -1.70. The highest BCUT2D eigenvalue weighted by Gasteiger charge is 2.12. The molecule has 17 heavy (non-hydrogen) atoms. The van der Waals surface area contributed by atoms with Gasteiger partial charge in [0.05, 0.1) is 12.3 Å². The van der Waals surface area contributed by atoms with Crippen LogP contribution in [-0.4, -0.2) is 0 Å². The monoisotopic (exact) mass is 229 g/mol. The van der Waals surface area contributed by atoms with E-state index in [0.717, 1.165) is 12.2 Å². The summed E-state index contributed by atoms with van der Waals surface area (Å²) in [4.78, 5) is 0. The molecule has 0 saturated heterocycles. The molecule has 0 aliphatic rings. The molecule has 1 aromatic carbocycles. The highest BCUT2D eigenvalue weighted by Crippen LogP contribution is 2.25. The van der Waals surface area contributed by atoms with Gasteiger partial charge < -0.3 is 9.73 Å². The van der Waals surface area contributed by atoms with Crippen LogP contribution in [0.4, 0.5) is 5.69 Å². The van der Waals surface area contributed by atoms with E-state index >= 15 is 0 Å². The van der Waals surface area contributed by atoms with Crippen molar-refractivity contribution in [2.75, 3.05) is 5.32 Å². The SMILES string of the molecule is CCC(Nc1cc(C)ccc1C)c1ccco1. The third-order valence-corrected chi connectivity index (χ3v) is 3.02. The first-order chi connectivity index (χ1) is 8.20. The minimum absolute atomic E-state index is 0.241. The van der Waals surface area contributed by atoms with Crippen molar-refractivity contribution in [3.8, 4) is 0 Å². The third kappa shape index (κ3) is 2.70. The van der Waals surface area contributed by atoms with Crippen LogP contribution in [0.5, 0.6) is 0 Å². The number of benzene rings is 1. The number of hydrogen-bond donors (Lipinski definition) is 1. The molecule has 0 aliphatic carbocycles. The van der Waals surface area contributed by atoms with Crippen LogP contribution in [-0.2, 0) is 0 Å². The van der Waals surface area contributed by atoms with Gasteiger partial charge in [-0.1, -0.05) is 19.1 Å². The van der Waals surface area contributed by atoms with E-state index in [1.165, 1.54) is 16.8 Å². The van der Waals surface area contributed by atoms with Crippen molar-refractivity contribution in [2.45, 2.75) is 33.2 Å². The van der Waals surface area contributed by atoms with Gasteiger partial charge in [0.15, 0.2) is 0 Å². The molecule has 90 valence electrons. The van der Waals surface area contributed by atoms with Gasteiger partial charge in [0.2, 0.25) is 0 Å². The zero-order chi connectivity index (χ0) is 12.3. The van der Waals surface area contributed by atoms with Crippen LogP contribution in [0.1, 0.15) is 36.3 Å². The Balaban J connectivity index is 2.21. The summed E-state index contributed by atoms with van der Waals surface area (Å²) in [5.74, 6) is 0.994. The lowest BCUT2D eigenvalue weighted by Gasteiger charge is -2.18. The maximum atomic E-state index is 5.47. The molecule has 0 amide bonds. The average molecular weight is 229 g/mol. The molecule has 2 aromatic rings. The highest BCUT2D eigenvalue weighted by molar-refractivity contribution is 5.53. The smallest absolute Gasteiger partial charge is 0.125 e. The van der Waals surface area contributed by atoms with Crippen LogP contribution in [0, 0.1) is 13.8 Å². The fourth-order valence-electron chi connectivity index (χ4n) is 1.94. The Morgan fingerprint density at radius 2 is 2.06 bits per heavy atom. The van der Waals surface area contributed by atoms with E-state index in [1.807, 2.05) is 12.1 Å². The van der Waals surface area contributed by atoms with Gasteiger partial charge in [-0.15, -0.1) is 0 Å². The normalized spacial score (nSPS) is 12.4. The lowest BCUT2D eigenvalue weighted by Crippen LogP contribution is -2.09. The van der Waals surface area contributed by atoms with Crippen molar-refractivity contribution < 1.29 is 4.42 Å². The molecule has 0 spiro atoms. The number of anilines is 1. The Morgan fingerprint density at radius 3 is 2.71 bits per heavy atom. The topological polar surface area (TPSA) is 25.2 Å². The first kappa shape index (κ1) is 11.8. The molecule has 2 nitrogen and oxygen atoms in total. The number of hydrogen-bond acceptors (Lipinski definition) is 2. The van der Waals surface area contributed by atoms with Gasteiger partial charge in [0, 0.05) is 5.69 Å². The van der Waals surface area contributed by atoms with Crippen molar-refractivity contribution in [1.82, 2.24) is 0 Å². The Bertz CT molecular complexity index is 474. The molecule has 2 heteroatoms. The second-order valence-electron chi connectivity index (χ2n) is 4.44. The van der Waals surface area contributed by atoms with Crippen molar-refractivity contribution in [1.29, 1.82) is 0 Å². The summed E-state index contributed by atoms with van der Waals surface area (Å²) in [6.45, 7) is 6.39. The molecule has 0 aliphatic heterocycles. The Morgan fingerprint density at radius 1 is 1.24 bits per heavy atom. The van der Waals surface area contributed by atoms with E-state index in [0.29, 0.717) is 0 Å². The van der Waals surface area contributed by atoms with E-state index in [4.69, 9.17) is 4.42 Å². The van der Waals surface area contributed by atoms with Crippen LogP contribution in [0.2, 0.25) is 0 Å². The lowest BCUT2D eigenvalue weighted by molar-refractivity contribution is 0.474. The zero-order valence-electron chi connectivity index (χ0n) is 10.7. The minimum atomic E-state index is 0.241. The van der Waals surface area contributed by atoms with Crippen LogP contribution < -0.4 is 5.32 Å². The molecular weight excluding hydrogens is 210 g/mol. The first-order valence-corrected chi connectivity index (χ1v) is 6.08. The predicted molar refractivity (Wildman–Crippen MR) is 71.3 cm³/mol. The minimum Gasteiger partial charge on any atom is -0.467 e. The van der Waals surface area contributed by atoms with Gasteiger partial charge in [-0.3, -0.25) is 0 Å². The molecule has 0 radical (unpaired) electrons. The molecule has 1 atom stereocenters. The summed E-state index contributed by atoms with van der Waals surface area (Å²) in [5.41, 5.74) is 3.72. The molecule has 1 N–H and O–H groups in total. The standard InChI is InChI=1S/C15H19NO/c1-4-13(15-6-5-9-17-15)16-14-10-11(2)7-8-12(14)3/h5-10,13,16H,4H2,1-3H3. The molecular formula is C15H19NO. The summed E-state index contributed by atoms with van der Waals surface area (Å²) in [6, 6.07) is 10.7. The molecule has 0 bridgehead atoms. The van der Waals surface area contributed by atoms with Crippen LogP contribution >= 0.6 is 0 Å². The summed E-state index contributed by atoms with van der Waals surface area (Å²) >= 11 is 0. The van der Waals surface area contributed by atoms with Crippen LogP contribution in [0.25, 0.3) is 0 Å². The fraction of sp³-hybridized carbons (Fsp3) is 0.333. The van der Waals surface area contributed by atoms with E-state index in [-0.39, 0.29) is 6.04 Å². The van der Waals surface area contributed by atoms with E-state index in [9.17, 15) is 0 Å². The van der Waals surface area contributed by atoms with Gasteiger partial charge in [0.1, 0.15) is 5.76 Å². The molecule has 0 saturated carbocycles. The second kappa shape index (κ2) is 5.09. The first-order valence-electron chi connectivity index (χ1n) is 6.08. The van der Waals surface area contributed by atoms with Gasteiger partial charge in [0.25, 0.3) is 0 Å². The van der Waals surface area contributed by atoms with E-state index in [2.05, 4.69) is 44.3 Å². The Labute approximate surface area is 103 Å². The van der Waals surface area contributed by atoms with Gasteiger partial charge in [-0.05, 0) is 49.6 Å². The maximum Gasteiger partial charge on any atom is 0.125 e. The number of nitrogens with one attached hydrogen (secondary N) is 1. The van der Waals surface area contributed by atoms with E-state index < -0.39 is 0 Å². The molecule has 0 fully saturated rings. The zero-order valence-corrected chi connectivity index (χ0v) is 10.7. The maximum absolute atomic E-state index is 5.47. The average Bonchev–Trinajstić information content (AvgIpc) is 2.84. The van der Waals surface area contributed by atoms with Crippen molar-refractivity contribution in [3.63, 3.8) is 0 Å².